The molecule has 6 nitrogen and oxygen atoms in total. The molecule has 2 atom stereocenters. The van der Waals surface area contributed by atoms with Gasteiger partial charge in [0.15, 0.2) is 0 Å². The number of hydrogen-bond acceptors (Lipinski definition) is 3. The van der Waals surface area contributed by atoms with Crippen LogP contribution in [0.4, 0.5) is 4.79 Å². The zero-order chi connectivity index (χ0) is 13.7. The standard InChI is InChI=1S/C12H22N2O4/c1-8(2)10(7-18-3)13-12(17)14-5-4-9(6-14)11(15)16/h8-10H,4-7H2,1-3H3,(H,13,17)(H,15,16). The number of hydrogen-bond donors (Lipinski definition) is 2. The van der Waals surface area contributed by atoms with E-state index in [2.05, 4.69) is 5.32 Å². The molecule has 1 aliphatic heterocycles. The van der Waals surface area contributed by atoms with E-state index >= 15 is 0 Å². The molecule has 0 aromatic carbocycles. The fourth-order valence-electron chi connectivity index (χ4n) is 1.98. The molecule has 1 rings (SSSR count). The number of carboxylic acid groups (broad SMARTS) is 1. The SMILES string of the molecule is COCC(NC(=O)N1CCC(C(=O)O)C1)C(C)C. The number of urea groups is 1. The summed E-state index contributed by atoms with van der Waals surface area (Å²) in [6.07, 6.45) is 0.527. The third-order valence-electron chi connectivity index (χ3n) is 3.28. The summed E-state index contributed by atoms with van der Waals surface area (Å²) in [5.41, 5.74) is 0. The second-order valence-electron chi connectivity index (χ2n) is 5.03. The minimum Gasteiger partial charge on any atom is -0.481 e. The van der Waals surface area contributed by atoms with Gasteiger partial charge in [0.25, 0.3) is 0 Å². The molecule has 0 bridgehead atoms. The lowest BCUT2D eigenvalue weighted by atomic mass is 10.1. The van der Waals surface area contributed by atoms with Gasteiger partial charge in [-0.3, -0.25) is 4.79 Å². The maximum atomic E-state index is 12.0. The first-order chi connectivity index (χ1) is 8.45. The van der Waals surface area contributed by atoms with Crippen LogP contribution in [0.25, 0.3) is 0 Å². The molecule has 1 aliphatic rings. The van der Waals surface area contributed by atoms with Crippen LogP contribution in [-0.4, -0.2) is 54.9 Å². The monoisotopic (exact) mass is 258 g/mol. The molecule has 0 radical (unpaired) electrons. The number of aliphatic carboxylic acids is 1. The molecule has 0 spiro atoms. The van der Waals surface area contributed by atoms with Crippen LogP contribution in [0.1, 0.15) is 20.3 Å². The van der Waals surface area contributed by atoms with Gasteiger partial charge in [0.2, 0.25) is 0 Å². The van der Waals surface area contributed by atoms with Crippen molar-refractivity contribution >= 4 is 12.0 Å². The number of carboxylic acids is 1. The first kappa shape index (κ1) is 14.8. The lowest BCUT2D eigenvalue weighted by Gasteiger charge is -2.25. The van der Waals surface area contributed by atoms with Crippen LogP contribution < -0.4 is 5.32 Å². The van der Waals surface area contributed by atoms with Gasteiger partial charge in [-0.25, -0.2) is 4.79 Å². The fourth-order valence-corrected chi connectivity index (χ4v) is 1.98. The van der Waals surface area contributed by atoms with Gasteiger partial charge in [0.05, 0.1) is 18.6 Å². The maximum absolute atomic E-state index is 12.0. The van der Waals surface area contributed by atoms with Crippen molar-refractivity contribution in [2.24, 2.45) is 11.8 Å². The summed E-state index contributed by atoms with van der Waals surface area (Å²) in [5.74, 6) is -0.995. The van der Waals surface area contributed by atoms with Crippen molar-refractivity contribution in [3.05, 3.63) is 0 Å². The molecular weight excluding hydrogens is 236 g/mol. The Bertz CT molecular complexity index is 306. The Labute approximate surface area is 107 Å². The Morgan fingerprint density at radius 2 is 2.17 bits per heavy atom. The highest BCUT2D eigenvalue weighted by Gasteiger charge is 2.31. The number of nitrogens with one attached hydrogen (secondary N) is 1. The summed E-state index contributed by atoms with van der Waals surface area (Å²) in [5, 5.41) is 11.8. The lowest BCUT2D eigenvalue weighted by Crippen LogP contribution is -2.48. The van der Waals surface area contributed by atoms with Crippen molar-refractivity contribution in [1.29, 1.82) is 0 Å². The molecule has 2 unspecified atom stereocenters. The van der Waals surface area contributed by atoms with Crippen molar-refractivity contribution in [3.63, 3.8) is 0 Å². The van der Waals surface area contributed by atoms with Crippen LogP contribution in [0.3, 0.4) is 0 Å². The van der Waals surface area contributed by atoms with Crippen LogP contribution in [0.15, 0.2) is 0 Å². The molecule has 2 amide bonds. The smallest absolute Gasteiger partial charge is 0.317 e. The second kappa shape index (κ2) is 6.58. The van der Waals surface area contributed by atoms with Crippen LogP contribution in [0.2, 0.25) is 0 Å². The number of carbonyl (C=O) groups excluding carboxylic acids is 1. The summed E-state index contributed by atoms with van der Waals surface area (Å²) in [4.78, 5) is 24.4. The summed E-state index contributed by atoms with van der Waals surface area (Å²) in [7, 11) is 1.60. The van der Waals surface area contributed by atoms with Gasteiger partial charge in [-0.2, -0.15) is 0 Å². The van der Waals surface area contributed by atoms with Gasteiger partial charge >= 0.3 is 12.0 Å². The molecule has 2 N–H and O–H groups in total. The molecule has 0 aromatic heterocycles. The highest BCUT2D eigenvalue weighted by molar-refractivity contribution is 5.77. The topological polar surface area (TPSA) is 78.9 Å². The lowest BCUT2D eigenvalue weighted by molar-refractivity contribution is -0.141. The van der Waals surface area contributed by atoms with E-state index in [-0.39, 0.29) is 18.0 Å². The Hall–Kier alpha value is -1.30. The maximum Gasteiger partial charge on any atom is 0.317 e. The van der Waals surface area contributed by atoms with Crippen molar-refractivity contribution in [3.8, 4) is 0 Å². The molecule has 0 saturated carbocycles. The molecule has 1 saturated heterocycles. The fraction of sp³-hybridized carbons (Fsp3) is 0.833. The van der Waals surface area contributed by atoms with E-state index in [1.165, 1.54) is 0 Å². The van der Waals surface area contributed by atoms with Crippen molar-refractivity contribution in [2.45, 2.75) is 26.3 Å². The largest absolute Gasteiger partial charge is 0.481 e. The van der Waals surface area contributed by atoms with E-state index in [1.807, 2.05) is 13.8 Å². The van der Waals surface area contributed by atoms with Crippen molar-refractivity contribution < 1.29 is 19.4 Å². The predicted octanol–water partition coefficient (Wildman–Crippen LogP) is 0.773. The molecule has 0 aliphatic carbocycles. The van der Waals surface area contributed by atoms with Crippen LogP contribution >= 0.6 is 0 Å². The first-order valence-electron chi connectivity index (χ1n) is 6.22. The predicted molar refractivity (Wildman–Crippen MR) is 66.3 cm³/mol. The first-order valence-corrected chi connectivity index (χ1v) is 6.22. The Morgan fingerprint density at radius 3 is 2.61 bits per heavy atom. The van der Waals surface area contributed by atoms with Gasteiger partial charge in [0, 0.05) is 20.2 Å². The highest BCUT2D eigenvalue weighted by atomic mass is 16.5. The number of likely N-dealkylation sites (tertiary alicyclic amines) is 1. The summed E-state index contributed by atoms with van der Waals surface area (Å²) in [6.45, 7) is 5.27. The minimum absolute atomic E-state index is 0.0496. The van der Waals surface area contributed by atoms with Gasteiger partial charge in [0.1, 0.15) is 0 Å². The van der Waals surface area contributed by atoms with E-state index < -0.39 is 11.9 Å². The Morgan fingerprint density at radius 1 is 1.50 bits per heavy atom. The molecule has 18 heavy (non-hydrogen) atoms. The van der Waals surface area contributed by atoms with Crippen LogP contribution in [0.5, 0.6) is 0 Å². The highest BCUT2D eigenvalue weighted by Crippen LogP contribution is 2.16. The summed E-state index contributed by atoms with van der Waals surface area (Å²) >= 11 is 0. The van der Waals surface area contributed by atoms with Gasteiger partial charge in [-0.1, -0.05) is 13.8 Å². The normalized spacial score (nSPS) is 21.1. The number of methoxy groups -OCH3 is 1. The number of nitrogens with zero attached hydrogens (tertiary/aromatic N) is 1. The number of carbonyl (C=O) groups is 2. The summed E-state index contributed by atoms with van der Waals surface area (Å²) in [6, 6.07) is -0.249. The molecular formula is C12H22N2O4. The average Bonchev–Trinajstić information content (AvgIpc) is 2.77. The average molecular weight is 258 g/mol. The van der Waals surface area contributed by atoms with E-state index in [1.54, 1.807) is 12.0 Å². The third-order valence-corrected chi connectivity index (χ3v) is 3.28. The molecule has 0 aromatic rings. The zero-order valence-electron chi connectivity index (χ0n) is 11.2. The molecule has 104 valence electrons. The van der Waals surface area contributed by atoms with Gasteiger partial charge in [-0.05, 0) is 12.3 Å². The molecule has 1 fully saturated rings. The number of amides is 2. The third kappa shape index (κ3) is 3.87. The zero-order valence-corrected chi connectivity index (χ0v) is 11.2. The van der Waals surface area contributed by atoms with Crippen LogP contribution in [0, 0.1) is 11.8 Å². The van der Waals surface area contributed by atoms with E-state index in [9.17, 15) is 9.59 Å². The Kier molecular flexibility index (Phi) is 5.40. The van der Waals surface area contributed by atoms with E-state index in [0.29, 0.717) is 26.1 Å². The van der Waals surface area contributed by atoms with E-state index in [4.69, 9.17) is 9.84 Å². The van der Waals surface area contributed by atoms with Crippen molar-refractivity contribution in [1.82, 2.24) is 10.2 Å². The number of rotatable bonds is 5. The van der Waals surface area contributed by atoms with Crippen molar-refractivity contribution in [2.75, 3.05) is 26.8 Å². The Balaban J connectivity index is 2.47. The van der Waals surface area contributed by atoms with E-state index in [0.717, 1.165) is 0 Å². The summed E-state index contributed by atoms with van der Waals surface area (Å²) < 4.78 is 5.06. The second-order valence-corrected chi connectivity index (χ2v) is 5.03. The minimum atomic E-state index is -0.831. The molecule has 6 heteroatoms. The van der Waals surface area contributed by atoms with Gasteiger partial charge < -0.3 is 20.1 Å². The van der Waals surface area contributed by atoms with Crippen LogP contribution in [-0.2, 0) is 9.53 Å². The molecule has 1 heterocycles. The number of ether oxygens (including phenoxy) is 1. The van der Waals surface area contributed by atoms with Gasteiger partial charge in [-0.15, -0.1) is 0 Å². The quantitative estimate of drug-likeness (QED) is 0.763.